The summed E-state index contributed by atoms with van der Waals surface area (Å²) in [6.07, 6.45) is 1.79. The first-order chi connectivity index (χ1) is 8.19. The summed E-state index contributed by atoms with van der Waals surface area (Å²) in [6, 6.07) is 3.18. The van der Waals surface area contributed by atoms with Crippen LogP contribution in [0, 0.1) is 12.1 Å². The van der Waals surface area contributed by atoms with Crippen molar-refractivity contribution in [2.75, 3.05) is 12.0 Å². The summed E-state index contributed by atoms with van der Waals surface area (Å²) in [4.78, 5) is 0.905. The molecule has 3 nitrogen and oxygen atoms in total. The number of rotatable bonds is 5. The van der Waals surface area contributed by atoms with E-state index in [9.17, 15) is 8.78 Å². The standard InChI is InChI=1S/C11H13F2N3S.ClH/c1-8-7-16(5-4-12)15-11(8)14-6-9-2-3-10(13)17-9;/h2-3,7H,4-6H2,1H3,(H,14,15);1H. The molecule has 0 radical (unpaired) electrons. The number of alkyl halides is 1. The monoisotopic (exact) mass is 293 g/mol. The minimum absolute atomic E-state index is 0. The van der Waals surface area contributed by atoms with Crippen LogP contribution in [0.1, 0.15) is 10.4 Å². The van der Waals surface area contributed by atoms with Crippen LogP contribution in [-0.4, -0.2) is 16.5 Å². The molecule has 0 aliphatic carbocycles. The van der Waals surface area contributed by atoms with Crippen LogP contribution < -0.4 is 5.32 Å². The number of nitrogens with one attached hydrogen (secondary N) is 1. The number of hydrogen-bond donors (Lipinski definition) is 1. The second-order valence-corrected chi connectivity index (χ2v) is 4.79. The van der Waals surface area contributed by atoms with Gasteiger partial charge in [-0.1, -0.05) is 0 Å². The summed E-state index contributed by atoms with van der Waals surface area (Å²) >= 11 is 1.11. The van der Waals surface area contributed by atoms with Crippen molar-refractivity contribution in [2.24, 2.45) is 0 Å². The van der Waals surface area contributed by atoms with E-state index in [0.717, 1.165) is 21.8 Å². The Balaban J connectivity index is 0.00000162. The smallest absolute Gasteiger partial charge is 0.176 e. The molecule has 0 atom stereocenters. The first-order valence-corrected chi connectivity index (χ1v) is 6.09. The summed E-state index contributed by atoms with van der Waals surface area (Å²) < 4.78 is 26.5. The lowest BCUT2D eigenvalue weighted by Gasteiger charge is -2.01. The van der Waals surface area contributed by atoms with Crippen molar-refractivity contribution in [2.45, 2.75) is 20.0 Å². The lowest BCUT2D eigenvalue weighted by Crippen LogP contribution is -2.03. The van der Waals surface area contributed by atoms with Gasteiger partial charge >= 0.3 is 0 Å². The van der Waals surface area contributed by atoms with E-state index in [1.54, 1.807) is 16.9 Å². The molecule has 0 fully saturated rings. The molecule has 0 amide bonds. The highest BCUT2D eigenvalue weighted by molar-refractivity contribution is 7.10. The Hall–Kier alpha value is -1.14. The minimum Gasteiger partial charge on any atom is -0.363 e. The molecular formula is C11H14ClF2N3S. The van der Waals surface area contributed by atoms with E-state index in [-0.39, 0.29) is 24.1 Å². The van der Waals surface area contributed by atoms with Crippen molar-refractivity contribution in [3.8, 4) is 0 Å². The van der Waals surface area contributed by atoms with Crippen LogP contribution in [0.3, 0.4) is 0 Å². The third-order valence-corrected chi connectivity index (χ3v) is 3.19. The van der Waals surface area contributed by atoms with Gasteiger partial charge in [0.1, 0.15) is 6.67 Å². The molecule has 7 heteroatoms. The second kappa shape index (κ2) is 6.70. The Morgan fingerprint density at radius 1 is 1.44 bits per heavy atom. The fourth-order valence-corrected chi connectivity index (χ4v) is 2.18. The largest absolute Gasteiger partial charge is 0.363 e. The molecule has 2 heterocycles. The van der Waals surface area contributed by atoms with Crippen molar-refractivity contribution in [1.82, 2.24) is 9.78 Å². The van der Waals surface area contributed by atoms with Crippen LogP contribution in [0.25, 0.3) is 0 Å². The molecule has 0 saturated carbocycles. The van der Waals surface area contributed by atoms with Gasteiger partial charge in [0.05, 0.1) is 13.1 Å². The lowest BCUT2D eigenvalue weighted by molar-refractivity contribution is 0.427. The molecule has 2 rings (SSSR count). The molecular weight excluding hydrogens is 280 g/mol. The van der Waals surface area contributed by atoms with Crippen LogP contribution in [0.2, 0.25) is 0 Å². The predicted octanol–water partition coefficient (Wildman–Crippen LogP) is 3.40. The molecule has 100 valence electrons. The van der Waals surface area contributed by atoms with Gasteiger partial charge in [-0.2, -0.15) is 9.49 Å². The molecule has 0 saturated heterocycles. The van der Waals surface area contributed by atoms with E-state index in [0.29, 0.717) is 12.4 Å². The number of aryl methyl sites for hydroxylation is 2. The zero-order chi connectivity index (χ0) is 12.3. The van der Waals surface area contributed by atoms with Crippen molar-refractivity contribution >= 4 is 29.6 Å². The fourth-order valence-electron chi connectivity index (χ4n) is 1.51. The predicted molar refractivity (Wildman–Crippen MR) is 71.8 cm³/mol. The van der Waals surface area contributed by atoms with Gasteiger partial charge in [-0.15, -0.1) is 23.7 Å². The molecule has 0 unspecified atom stereocenters. The van der Waals surface area contributed by atoms with E-state index in [1.807, 2.05) is 6.92 Å². The molecule has 2 aromatic heterocycles. The van der Waals surface area contributed by atoms with Crippen molar-refractivity contribution in [3.63, 3.8) is 0 Å². The van der Waals surface area contributed by atoms with E-state index in [2.05, 4.69) is 10.4 Å². The molecule has 0 bridgehead atoms. The number of halogens is 3. The maximum absolute atomic E-state index is 12.8. The van der Waals surface area contributed by atoms with Gasteiger partial charge in [0, 0.05) is 16.6 Å². The Labute approximate surface area is 114 Å². The summed E-state index contributed by atoms with van der Waals surface area (Å²) in [5, 5.41) is 7.12. The van der Waals surface area contributed by atoms with Gasteiger partial charge in [0.2, 0.25) is 0 Å². The van der Waals surface area contributed by atoms with Crippen molar-refractivity contribution < 1.29 is 8.78 Å². The fraction of sp³-hybridized carbons (Fsp3) is 0.364. The Kier molecular flexibility index (Phi) is 5.55. The average molecular weight is 294 g/mol. The number of anilines is 1. The van der Waals surface area contributed by atoms with Crippen LogP contribution >= 0.6 is 23.7 Å². The maximum Gasteiger partial charge on any atom is 0.176 e. The van der Waals surface area contributed by atoms with E-state index in [1.165, 1.54) is 6.07 Å². The van der Waals surface area contributed by atoms with Gasteiger partial charge in [-0.3, -0.25) is 4.68 Å². The van der Waals surface area contributed by atoms with Gasteiger partial charge < -0.3 is 5.32 Å². The normalized spacial score (nSPS) is 10.2. The van der Waals surface area contributed by atoms with E-state index >= 15 is 0 Å². The Morgan fingerprint density at radius 3 is 2.83 bits per heavy atom. The third-order valence-electron chi connectivity index (χ3n) is 2.32. The summed E-state index contributed by atoms with van der Waals surface area (Å²) in [5.41, 5.74) is 0.954. The number of thiophene rings is 1. The zero-order valence-corrected chi connectivity index (χ0v) is 11.5. The SMILES string of the molecule is Cc1cn(CCF)nc1NCc1ccc(F)s1.Cl. The quantitative estimate of drug-likeness (QED) is 0.916. The molecule has 18 heavy (non-hydrogen) atoms. The maximum atomic E-state index is 12.8. The number of aromatic nitrogens is 2. The lowest BCUT2D eigenvalue weighted by atomic mass is 10.3. The number of nitrogens with zero attached hydrogens (tertiary/aromatic N) is 2. The minimum atomic E-state index is -0.434. The highest BCUT2D eigenvalue weighted by atomic mass is 35.5. The molecule has 2 aromatic rings. The van der Waals surface area contributed by atoms with Gasteiger partial charge in [0.15, 0.2) is 10.9 Å². The van der Waals surface area contributed by atoms with Crippen LogP contribution in [0.4, 0.5) is 14.6 Å². The highest BCUT2D eigenvalue weighted by Crippen LogP contribution is 2.17. The molecule has 0 aromatic carbocycles. The second-order valence-electron chi connectivity index (χ2n) is 3.67. The van der Waals surface area contributed by atoms with Gasteiger partial charge in [0.25, 0.3) is 0 Å². The first kappa shape index (κ1) is 14.9. The zero-order valence-electron chi connectivity index (χ0n) is 9.82. The molecule has 0 aliphatic heterocycles. The van der Waals surface area contributed by atoms with Gasteiger partial charge in [-0.25, -0.2) is 4.39 Å². The molecule has 1 N–H and O–H groups in total. The molecule has 0 aliphatic rings. The topological polar surface area (TPSA) is 29.9 Å². The average Bonchev–Trinajstić information content (AvgIpc) is 2.83. The third kappa shape index (κ3) is 3.68. The summed E-state index contributed by atoms with van der Waals surface area (Å²) in [5.74, 6) is 0.715. The Bertz CT molecular complexity index is 498. The Morgan fingerprint density at radius 2 is 2.22 bits per heavy atom. The van der Waals surface area contributed by atoms with Crippen LogP contribution in [0.5, 0.6) is 0 Å². The van der Waals surface area contributed by atoms with Gasteiger partial charge in [-0.05, 0) is 19.1 Å². The van der Waals surface area contributed by atoms with Crippen molar-refractivity contribution in [3.05, 3.63) is 33.9 Å². The summed E-state index contributed by atoms with van der Waals surface area (Å²) in [7, 11) is 0. The van der Waals surface area contributed by atoms with Crippen LogP contribution in [-0.2, 0) is 13.1 Å². The number of hydrogen-bond acceptors (Lipinski definition) is 3. The van der Waals surface area contributed by atoms with E-state index in [4.69, 9.17) is 0 Å². The van der Waals surface area contributed by atoms with Crippen molar-refractivity contribution in [1.29, 1.82) is 0 Å². The highest BCUT2D eigenvalue weighted by Gasteiger charge is 2.05. The molecule has 0 spiro atoms. The first-order valence-electron chi connectivity index (χ1n) is 5.27. The van der Waals surface area contributed by atoms with E-state index < -0.39 is 6.67 Å². The van der Waals surface area contributed by atoms with Crippen LogP contribution in [0.15, 0.2) is 18.3 Å². The summed E-state index contributed by atoms with van der Waals surface area (Å²) in [6.45, 7) is 2.26.